The Bertz CT molecular complexity index is 483. The summed E-state index contributed by atoms with van der Waals surface area (Å²) in [6.45, 7) is 0. The van der Waals surface area contributed by atoms with Gasteiger partial charge in [-0.2, -0.15) is 4.98 Å². The van der Waals surface area contributed by atoms with Crippen LogP contribution in [0.4, 0.5) is 10.1 Å². The molecule has 0 atom stereocenters. The van der Waals surface area contributed by atoms with E-state index in [0.29, 0.717) is 5.69 Å². The molecule has 1 heterocycles. The largest absolute Gasteiger partial charge is 0.421 e. The average molecular weight is 208 g/mol. The Hall–Kier alpha value is -2.11. The zero-order chi connectivity index (χ0) is 10.8. The van der Waals surface area contributed by atoms with Crippen LogP contribution in [0.5, 0.6) is 11.8 Å². The van der Waals surface area contributed by atoms with Crippen LogP contribution in [0.3, 0.4) is 0 Å². The van der Waals surface area contributed by atoms with Crippen molar-refractivity contribution in [2.24, 2.45) is 7.05 Å². The molecule has 0 unspecified atom stereocenters. The summed E-state index contributed by atoms with van der Waals surface area (Å²) in [4.78, 5) is 3.83. The van der Waals surface area contributed by atoms with Crippen LogP contribution in [0.15, 0.2) is 24.5 Å². The average Bonchev–Trinajstić information content (AvgIpc) is 2.58. The number of aryl methyl sites for hydroxylation is 1. The zero-order valence-corrected chi connectivity index (χ0v) is 8.01. The molecule has 0 aliphatic heterocycles. The first-order chi connectivity index (χ1) is 7.15. The summed E-state index contributed by atoms with van der Waals surface area (Å²) in [6.07, 6.45) is 1.48. The maximum Gasteiger partial charge on any atom is 0.341 e. The van der Waals surface area contributed by atoms with Crippen molar-refractivity contribution in [2.45, 2.75) is 0 Å². The smallest absolute Gasteiger partial charge is 0.341 e. The molecule has 0 saturated carbocycles. The van der Waals surface area contributed by atoms with Crippen molar-refractivity contribution in [1.82, 2.24) is 14.8 Å². The number of nitrogens with two attached hydrogens (primary N) is 1. The quantitative estimate of drug-likeness (QED) is 0.756. The van der Waals surface area contributed by atoms with Crippen molar-refractivity contribution in [2.75, 3.05) is 5.73 Å². The van der Waals surface area contributed by atoms with Crippen molar-refractivity contribution in [1.29, 1.82) is 0 Å². The molecule has 0 aliphatic rings. The zero-order valence-electron chi connectivity index (χ0n) is 8.01. The molecule has 5 nitrogen and oxygen atoms in total. The molecule has 15 heavy (non-hydrogen) atoms. The van der Waals surface area contributed by atoms with Gasteiger partial charge in [-0.1, -0.05) is 0 Å². The van der Waals surface area contributed by atoms with Crippen LogP contribution in [0, 0.1) is 5.82 Å². The van der Waals surface area contributed by atoms with Crippen LogP contribution in [0.25, 0.3) is 0 Å². The molecular formula is C9H9FN4O. The summed E-state index contributed by atoms with van der Waals surface area (Å²) in [5, 5.41) is 3.88. The highest BCUT2D eigenvalue weighted by molar-refractivity contribution is 5.53. The number of ether oxygens (including phenoxy) is 1. The Morgan fingerprint density at radius 1 is 1.47 bits per heavy atom. The summed E-state index contributed by atoms with van der Waals surface area (Å²) >= 11 is 0. The third-order valence-corrected chi connectivity index (χ3v) is 1.76. The number of nitrogen functional groups attached to an aromatic ring is 1. The molecular weight excluding hydrogens is 199 g/mol. The fraction of sp³-hybridized carbons (Fsp3) is 0.111. The lowest BCUT2D eigenvalue weighted by Gasteiger charge is -2.03. The molecule has 1 aromatic heterocycles. The summed E-state index contributed by atoms with van der Waals surface area (Å²) in [6, 6.07) is 4.00. The summed E-state index contributed by atoms with van der Waals surface area (Å²) in [5.74, 6) is -0.212. The lowest BCUT2D eigenvalue weighted by atomic mass is 10.3. The maximum absolute atomic E-state index is 12.9. The number of hydrogen-bond donors (Lipinski definition) is 1. The Kier molecular flexibility index (Phi) is 2.24. The second-order valence-electron chi connectivity index (χ2n) is 2.99. The predicted octanol–water partition coefficient (Wildman–Crippen LogP) is 1.33. The van der Waals surface area contributed by atoms with Gasteiger partial charge >= 0.3 is 6.01 Å². The lowest BCUT2D eigenvalue weighted by Crippen LogP contribution is -1.95. The molecule has 1 aromatic carbocycles. The number of anilines is 1. The van der Waals surface area contributed by atoms with E-state index in [-0.39, 0.29) is 11.8 Å². The molecule has 2 N–H and O–H groups in total. The van der Waals surface area contributed by atoms with Gasteiger partial charge in [-0.05, 0) is 12.1 Å². The first kappa shape index (κ1) is 9.45. The van der Waals surface area contributed by atoms with Crippen LogP contribution >= 0.6 is 0 Å². The van der Waals surface area contributed by atoms with Crippen molar-refractivity contribution in [3.63, 3.8) is 0 Å². The molecule has 2 aromatic rings. The van der Waals surface area contributed by atoms with Crippen LogP contribution in [-0.4, -0.2) is 14.8 Å². The van der Waals surface area contributed by atoms with Crippen molar-refractivity contribution < 1.29 is 9.13 Å². The molecule has 0 radical (unpaired) electrons. The molecule has 0 bridgehead atoms. The number of nitrogens with zero attached hydrogens (tertiary/aromatic N) is 3. The summed E-state index contributed by atoms with van der Waals surface area (Å²) in [5.41, 5.74) is 5.93. The van der Waals surface area contributed by atoms with E-state index < -0.39 is 5.82 Å². The van der Waals surface area contributed by atoms with Gasteiger partial charge in [0.1, 0.15) is 12.1 Å². The van der Waals surface area contributed by atoms with Crippen LogP contribution in [0.1, 0.15) is 0 Å². The van der Waals surface area contributed by atoms with Gasteiger partial charge in [0.2, 0.25) is 0 Å². The molecule has 0 aliphatic carbocycles. The van der Waals surface area contributed by atoms with E-state index in [1.807, 2.05) is 0 Å². The van der Waals surface area contributed by atoms with Gasteiger partial charge in [-0.25, -0.2) is 4.39 Å². The standard InChI is InChI=1S/C9H9FN4O/c1-14-5-12-9(13-14)15-8-4-6(10)2-3-7(8)11/h2-5H,11H2,1H3. The second kappa shape index (κ2) is 3.56. The van der Waals surface area contributed by atoms with E-state index in [4.69, 9.17) is 10.5 Å². The highest BCUT2D eigenvalue weighted by Gasteiger charge is 2.06. The SMILES string of the molecule is Cn1cnc(Oc2cc(F)ccc2N)n1. The molecule has 2 rings (SSSR count). The van der Waals surface area contributed by atoms with Gasteiger partial charge in [0.15, 0.2) is 5.75 Å². The predicted molar refractivity (Wildman–Crippen MR) is 51.9 cm³/mol. The van der Waals surface area contributed by atoms with Crippen LogP contribution in [0.2, 0.25) is 0 Å². The van der Waals surface area contributed by atoms with Crippen molar-refractivity contribution >= 4 is 5.69 Å². The van der Waals surface area contributed by atoms with Gasteiger partial charge in [0.05, 0.1) is 5.69 Å². The van der Waals surface area contributed by atoms with Gasteiger partial charge < -0.3 is 10.5 Å². The van der Waals surface area contributed by atoms with Gasteiger partial charge in [0.25, 0.3) is 0 Å². The monoisotopic (exact) mass is 208 g/mol. The van der Waals surface area contributed by atoms with E-state index in [1.54, 1.807) is 7.05 Å². The molecule has 0 amide bonds. The highest BCUT2D eigenvalue weighted by Crippen LogP contribution is 2.25. The molecule has 0 fully saturated rings. The molecule has 6 heteroatoms. The Morgan fingerprint density at radius 3 is 2.93 bits per heavy atom. The fourth-order valence-corrected chi connectivity index (χ4v) is 1.06. The Balaban J connectivity index is 2.27. The van der Waals surface area contributed by atoms with Crippen molar-refractivity contribution in [3.8, 4) is 11.8 Å². The van der Waals surface area contributed by atoms with E-state index in [2.05, 4.69) is 10.1 Å². The van der Waals surface area contributed by atoms with Gasteiger partial charge in [0, 0.05) is 13.1 Å². The first-order valence-corrected chi connectivity index (χ1v) is 4.23. The van der Waals surface area contributed by atoms with Gasteiger partial charge in [-0.3, -0.25) is 4.68 Å². The summed E-state index contributed by atoms with van der Waals surface area (Å²) in [7, 11) is 1.70. The Labute approximate surface area is 85.3 Å². The van der Waals surface area contributed by atoms with Gasteiger partial charge in [-0.15, -0.1) is 5.10 Å². The third-order valence-electron chi connectivity index (χ3n) is 1.76. The van der Waals surface area contributed by atoms with E-state index in [9.17, 15) is 4.39 Å². The van der Waals surface area contributed by atoms with E-state index >= 15 is 0 Å². The number of hydrogen-bond acceptors (Lipinski definition) is 4. The summed E-state index contributed by atoms with van der Waals surface area (Å²) < 4.78 is 19.6. The number of benzene rings is 1. The van der Waals surface area contributed by atoms with Crippen LogP contribution in [-0.2, 0) is 7.05 Å². The molecule has 0 spiro atoms. The van der Waals surface area contributed by atoms with Crippen molar-refractivity contribution in [3.05, 3.63) is 30.3 Å². The number of rotatable bonds is 2. The highest BCUT2D eigenvalue weighted by atomic mass is 19.1. The minimum absolute atomic E-state index is 0.134. The lowest BCUT2D eigenvalue weighted by molar-refractivity contribution is 0.437. The normalized spacial score (nSPS) is 10.3. The maximum atomic E-state index is 12.9. The second-order valence-corrected chi connectivity index (χ2v) is 2.99. The topological polar surface area (TPSA) is 66.0 Å². The number of halogens is 1. The minimum atomic E-state index is -0.421. The van der Waals surface area contributed by atoms with Crippen LogP contribution < -0.4 is 10.5 Å². The third kappa shape index (κ3) is 2.04. The fourth-order valence-electron chi connectivity index (χ4n) is 1.06. The minimum Gasteiger partial charge on any atom is -0.421 e. The number of aromatic nitrogens is 3. The Morgan fingerprint density at radius 2 is 2.27 bits per heavy atom. The van der Waals surface area contributed by atoms with E-state index in [0.717, 1.165) is 0 Å². The molecule has 78 valence electrons. The molecule has 0 saturated heterocycles. The first-order valence-electron chi connectivity index (χ1n) is 4.23. The van der Waals surface area contributed by atoms with E-state index in [1.165, 1.54) is 29.2 Å².